The molecule has 2 N–H and O–H groups in total. The Hall–Kier alpha value is -0.900. The van der Waals surface area contributed by atoms with Crippen LogP contribution >= 0.6 is 0 Å². The van der Waals surface area contributed by atoms with Gasteiger partial charge in [-0.3, -0.25) is 4.90 Å². The van der Waals surface area contributed by atoms with Gasteiger partial charge in [0.05, 0.1) is 12.2 Å². The number of benzene rings is 1. The third kappa shape index (κ3) is 3.56. The first-order valence-electron chi connectivity index (χ1n) is 7.09. The fraction of sp³-hybridized carbons (Fsp3) is 0.625. The van der Waals surface area contributed by atoms with E-state index in [2.05, 4.69) is 56.9 Å². The van der Waals surface area contributed by atoms with Crippen LogP contribution in [0.3, 0.4) is 0 Å². The average molecular weight is 262 g/mol. The van der Waals surface area contributed by atoms with Crippen LogP contribution in [0.1, 0.15) is 37.9 Å². The van der Waals surface area contributed by atoms with E-state index in [1.165, 1.54) is 11.1 Å². The highest BCUT2D eigenvalue weighted by atomic mass is 16.5. The SMILES string of the molecule is Cc1cccc(C(C(C)N)N2CCOC(C)(C)C2)c1. The molecule has 1 fully saturated rings. The molecule has 1 heterocycles. The zero-order valence-corrected chi connectivity index (χ0v) is 12.5. The second kappa shape index (κ2) is 5.61. The van der Waals surface area contributed by atoms with Gasteiger partial charge in [-0.2, -0.15) is 0 Å². The van der Waals surface area contributed by atoms with E-state index in [0.717, 1.165) is 19.7 Å². The van der Waals surface area contributed by atoms with Crippen molar-refractivity contribution in [1.82, 2.24) is 4.90 Å². The van der Waals surface area contributed by atoms with Crippen LogP contribution in [0, 0.1) is 6.92 Å². The van der Waals surface area contributed by atoms with Gasteiger partial charge in [-0.1, -0.05) is 29.8 Å². The van der Waals surface area contributed by atoms with Gasteiger partial charge in [0.1, 0.15) is 0 Å². The van der Waals surface area contributed by atoms with Crippen LogP contribution in [0.25, 0.3) is 0 Å². The maximum atomic E-state index is 6.26. The lowest BCUT2D eigenvalue weighted by Gasteiger charge is -2.43. The normalized spacial score (nSPS) is 23.0. The van der Waals surface area contributed by atoms with Crippen LogP contribution in [0.5, 0.6) is 0 Å². The Kier molecular flexibility index (Phi) is 4.29. The highest BCUT2D eigenvalue weighted by Gasteiger charge is 2.33. The van der Waals surface area contributed by atoms with Crippen molar-refractivity contribution >= 4 is 0 Å². The summed E-state index contributed by atoms with van der Waals surface area (Å²) in [5.74, 6) is 0. The van der Waals surface area contributed by atoms with Gasteiger partial charge >= 0.3 is 0 Å². The van der Waals surface area contributed by atoms with E-state index in [-0.39, 0.29) is 17.7 Å². The lowest BCUT2D eigenvalue weighted by molar-refractivity contribution is -0.0995. The van der Waals surface area contributed by atoms with Crippen molar-refractivity contribution in [2.75, 3.05) is 19.7 Å². The summed E-state index contributed by atoms with van der Waals surface area (Å²) >= 11 is 0. The standard InChI is InChI=1S/C16H26N2O/c1-12-6-5-7-14(10-12)15(13(2)17)18-8-9-19-16(3,4)11-18/h5-7,10,13,15H,8-9,11,17H2,1-4H3. The van der Waals surface area contributed by atoms with Crippen LogP contribution < -0.4 is 5.73 Å². The summed E-state index contributed by atoms with van der Waals surface area (Å²) in [6.45, 7) is 11.2. The molecule has 0 saturated carbocycles. The zero-order chi connectivity index (χ0) is 14.0. The molecule has 2 atom stereocenters. The number of ether oxygens (including phenoxy) is 1. The van der Waals surface area contributed by atoms with Gasteiger partial charge in [0.15, 0.2) is 0 Å². The molecule has 1 aliphatic heterocycles. The van der Waals surface area contributed by atoms with Crippen molar-refractivity contribution in [2.45, 2.75) is 45.4 Å². The molecular weight excluding hydrogens is 236 g/mol. The molecule has 0 radical (unpaired) electrons. The van der Waals surface area contributed by atoms with Crippen LogP contribution in [0.4, 0.5) is 0 Å². The lowest BCUT2D eigenvalue weighted by Crippen LogP contribution is -2.52. The van der Waals surface area contributed by atoms with E-state index in [1.807, 2.05) is 0 Å². The zero-order valence-electron chi connectivity index (χ0n) is 12.5. The molecule has 0 aliphatic carbocycles. The van der Waals surface area contributed by atoms with E-state index in [9.17, 15) is 0 Å². The largest absolute Gasteiger partial charge is 0.373 e. The summed E-state index contributed by atoms with van der Waals surface area (Å²) < 4.78 is 5.80. The summed E-state index contributed by atoms with van der Waals surface area (Å²) in [6.07, 6.45) is 0. The molecular formula is C16H26N2O. The molecule has 0 bridgehead atoms. The second-order valence-corrected chi connectivity index (χ2v) is 6.30. The second-order valence-electron chi connectivity index (χ2n) is 6.30. The molecule has 1 saturated heterocycles. The van der Waals surface area contributed by atoms with Crippen molar-refractivity contribution in [1.29, 1.82) is 0 Å². The fourth-order valence-corrected chi connectivity index (χ4v) is 2.99. The molecule has 1 aliphatic rings. The van der Waals surface area contributed by atoms with Crippen LogP contribution in [-0.2, 0) is 4.74 Å². The van der Waals surface area contributed by atoms with Crippen LogP contribution in [-0.4, -0.2) is 36.2 Å². The van der Waals surface area contributed by atoms with E-state index in [4.69, 9.17) is 10.5 Å². The summed E-state index contributed by atoms with van der Waals surface area (Å²) in [6, 6.07) is 9.05. The molecule has 3 nitrogen and oxygen atoms in total. The Bertz CT molecular complexity index is 429. The molecule has 0 spiro atoms. The summed E-state index contributed by atoms with van der Waals surface area (Å²) in [4.78, 5) is 2.46. The molecule has 3 heteroatoms. The van der Waals surface area contributed by atoms with E-state index in [0.29, 0.717) is 0 Å². The number of nitrogens with zero attached hydrogens (tertiary/aromatic N) is 1. The number of hydrogen-bond donors (Lipinski definition) is 1. The van der Waals surface area contributed by atoms with Gasteiger partial charge in [-0.25, -0.2) is 0 Å². The third-order valence-corrected chi connectivity index (χ3v) is 3.73. The number of aryl methyl sites for hydroxylation is 1. The van der Waals surface area contributed by atoms with Gasteiger partial charge in [-0.05, 0) is 33.3 Å². The van der Waals surface area contributed by atoms with Gasteiger partial charge < -0.3 is 10.5 Å². The van der Waals surface area contributed by atoms with Crippen LogP contribution in [0.15, 0.2) is 24.3 Å². The Morgan fingerprint density at radius 2 is 2.11 bits per heavy atom. The number of hydrogen-bond acceptors (Lipinski definition) is 3. The van der Waals surface area contributed by atoms with Crippen molar-refractivity contribution in [2.24, 2.45) is 5.73 Å². The van der Waals surface area contributed by atoms with Crippen LogP contribution in [0.2, 0.25) is 0 Å². The maximum Gasteiger partial charge on any atom is 0.0753 e. The monoisotopic (exact) mass is 262 g/mol. The first-order valence-corrected chi connectivity index (χ1v) is 7.09. The minimum atomic E-state index is -0.0881. The Morgan fingerprint density at radius 1 is 1.37 bits per heavy atom. The quantitative estimate of drug-likeness (QED) is 0.909. The first-order chi connectivity index (χ1) is 8.89. The number of rotatable bonds is 3. The molecule has 2 unspecified atom stereocenters. The minimum absolute atomic E-state index is 0.0881. The fourth-order valence-electron chi connectivity index (χ4n) is 2.99. The van der Waals surface area contributed by atoms with Gasteiger partial charge in [0.2, 0.25) is 0 Å². The smallest absolute Gasteiger partial charge is 0.0753 e. The topological polar surface area (TPSA) is 38.5 Å². The van der Waals surface area contributed by atoms with E-state index < -0.39 is 0 Å². The predicted octanol–water partition coefficient (Wildman–Crippen LogP) is 2.49. The first kappa shape index (κ1) is 14.5. The number of nitrogens with two attached hydrogens (primary N) is 1. The van der Waals surface area contributed by atoms with E-state index >= 15 is 0 Å². The number of morpholine rings is 1. The Morgan fingerprint density at radius 3 is 2.68 bits per heavy atom. The highest BCUT2D eigenvalue weighted by Crippen LogP contribution is 2.29. The van der Waals surface area contributed by atoms with Gasteiger partial charge in [0, 0.05) is 25.2 Å². The molecule has 0 aromatic heterocycles. The average Bonchev–Trinajstić information content (AvgIpc) is 2.27. The van der Waals surface area contributed by atoms with E-state index in [1.54, 1.807) is 0 Å². The summed E-state index contributed by atoms with van der Waals surface area (Å²) in [5.41, 5.74) is 8.77. The van der Waals surface area contributed by atoms with Crippen molar-refractivity contribution in [3.8, 4) is 0 Å². The molecule has 0 amide bonds. The predicted molar refractivity (Wildman–Crippen MR) is 79.2 cm³/mol. The summed E-state index contributed by atoms with van der Waals surface area (Å²) in [7, 11) is 0. The molecule has 1 aromatic rings. The molecule has 1 aromatic carbocycles. The lowest BCUT2D eigenvalue weighted by atomic mass is 9.95. The summed E-state index contributed by atoms with van der Waals surface area (Å²) in [5, 5.41) is 0. The van der Waals surface area contributed by atoms with Gasteiger partial charge in [0.25, 0.3) is 0 Å². The van der Waals surface area contributed by atoms with Crippen molar-refractivity contribution in [3.05, 3.63) is 35.4 Å². The Balaban J connectivity index is 2.25. The highest BCUT2D eigenvalue weighted by molar-refractivity contribution is 5.26. The Labute approximate surface area is 116 Å². The maximum absolute atomic E-state index is 6.26. The van der Waals surface area contributed by atoms with Crippen molar-refractivity contribution in [3.63, 3.8) is 0 Å². The molecule has 106 valence electrons. The molecule has 2 rings (SSSR count). The van der Waals surface area contributed by atoms with Gasteiger partial charge in [-0.15, -0.1) is 0 Å². The third-order valence-electron chi connectivity index (χ3n) is 3.73. The minimum Gasteiger partial charge on any atom is -0.373 e. The molecule has 19 heavy (non-hydrogen) atoms. The van der Waals surface area contributed by atoms with Crippen molar-refractivity contribution < 1.29 is 4.74 Å².